The van der Waals surface area contributed by atoms with Crippen LogP contribution in [0.1, 0.15) is 25.8 Å². The van der Waals surface area contributed by atoms with Crippen molar-refractivity contribution in [3.63, 3.8) is 0 Å². The summed E-state index contributed by atoms with van der Waals surface area (Å²) in [6.07, 6.45) is -5.32. The zero-order chi connectivity index (χ0) is 19.1. The molecule has 0 aliphatic rings. The molecular formula is C16H21F3N2O4. The largest absolute Gasteiger partial charge is 0.497 e. The predicted molar refractivity (Wildman–Crippen MR) is 83.7 cm³/mol. The standard InChI is InChI=1S/C16H21F3N2O4/c1-4-13(22)21-15(16(17,18)19,14(23)25-5-2)20-10-11-6-8-12(24-3)9-7-11/h6-9,20H,4-5,10H2,1-3H3,(H,21,22)/t15-/m1/s1. The third-order valence-electron chi connectivity index (χ3n) is 3.37. The van der Waals surface area contributed by atoms with Crippen LogP contribution < -0.4 is 15.4 Å². The average molecular weight is 362 g/mol. The van der Waals surface area contributed by atoms with Gasteiger partial charge in [0.05, 0.1) is 13.7 Å². The highest BCUT2D eigenvalue weighted by atomic mass is 19.4. The molecule has 0 aliphatic carbocycles. The summed E-state index contributed by atoms with van der Waals surface area (Å²) in [7, 11) is 1.46. The van der Waals surface area contributed by atoms with E-state index in [-0.39, 0.29) is 19.6 Å². The molecule has 0 aliphatic heterocycles. The second-order valence-electron chi connectivity index (χ2n) is 5.07. The summed E-state index contributed by atoms with van der Waals surface area (Å²) in [4.78, 5) is 23.6. The summed E-state index contributed by atoms with van der Waals surface area (Å²) in [5.74, 6) is -2.01. The highest BCUT2D eigenvalue weighted by Crippen LogP contribution is 2.30. The molecule has 0 fully saturated rings. The molecule has 0 aromatic heterocycles. The number of carbonyl (C=O) groups is 2. The summed E-state index contributed by atoms with van der Waals surface area (Å²) in [5, 5.41) is 3.83. The molecule has 1 aromatic carbocycles. The SMILES string of the molecule is CCOC(=O)[C@@](NCc1ccc(OC)cc1)(NC(=O)CC)C(F)(F)F. The molecule has 1 amide bonds. The van der Waals surface area contributed by atoms with Crippen LogP contribution in [0.5, 0.6) is 5.75 Å². The van der Waals surface area contributed by atoms with Gasteiger partial charge in [0.25, 0.3) is 5.66 Å². The van der Waals surface area contributed by atoms with Gasteiger partial charge in [-0.05, 0) is 24.6 Å². The van der Waals surface area contributed by atoms with Gasteiger partial charge in [-0.2, -0.15) is 13.2 Å². The Kier molecular flexibility index (Phi) is 7.22. The number of alkyl halides is 3. The van der Waals surface area contributed by atoms with Crippen LogP contribution in [-0.2, 0) is 20.9 Å². The Hall–Kier alpha value is -2.29. The first-order chi connectivity index (χ1) is 11.7. The van der Waals surface area contributed by atoms with Gasteiger partial charge in [0.1, 0.15) is 5.75 Å². The minimum Gasteiger partial charge on any atom is -0.497 e. The first kappa shape index (κ1) is 20.8. The molecule has 0 spiro atoms. The van der Waals surface area contributed by atoms with E-state index in [4.69, 9.17) is 4.74 Å². The van der Waals surface area contributed by atoms with E-state index in [2.05, 4.69) is 10.1 Å². The number of rotatable bonds is 8. The van der Waals surface area contributed by atoms with E-state index >= 15 is 0 Å². The lowest BCUT2D eigenvalue weighted by atomic mass is 10.1. The number of ether oxygens (including phenoxy) is 2. The first-order valence-corrected chi connectivity index (χ1v) is 7.63. The molecule has 0 radical (unpaired) electrons. The van der Waals surface area contributed by atoms with E-state index in [9.17, 15) is 22.8 Å². The van der Waals surface area contributed by atoms with Crippen molar-refractivity contribution in [2.75, 3.05) is 13.7 Å². The predicted octanol–water partition coefficient (Wildman–Crippen LogP) is 2.13. The number of esters is 1. The summed E-state index contributed by atoms with van der Waals surface area (Å²) < 4.78 is 50.5. The van der Waals surface area contributed by atoms with Gasteiger partial charge in [-0.1, -0.05) is 19.1 Å². The van der Waals surface area contributed by atoms with Crippen LogP contribution in [-0.4, -0.2) is 37.4 Å². The topological polar surface area (TPSA) is 76.7 Å². The lowest BCUT2D eigenvalue weighted by molar-refractivity contribution is -0.222. The Morgan fingerprint density at radius 3 is 2.16 bits per heavy atom. The van der Waals surface area contributed by atoms with Crippen molar-refractivity contribution in [1.82, 2.24) is 10.6 Å². The van der Waals surface area contributed by atoms with Crippen LogP contribution in [0.25, 0.3) is 0 Å². The molecule has 0 saturated carbocycles. The summed E-state index contributed by atoms with van der Waals surface area (Å²) in [5.41, 5.74) is -2.86. The van der Waals surface area contributed by atoms with Gasteiger partial charge in [-0.15, -0.1) is 0 Å². The minimum absolute atomic E-state index is 0.221. The minimum atomic E-state index is -5.10. The maximum absolute atomic E-state index is 13.7. The van der Waals surface area contributed by atoms with Crippen LogP contribution in [0.2, 0.25) is 0 Å². The molecule has 25 heavy (non-hydrogen) atoms. The van der Waals surface area contributed by atoms with Crippen molar-refractivity contribution in [1.29, 1.82) is 0 Å². The fourth-order valence-corrected chi connectivity index (χ4v) is 1.97. The Bertz CT molecular complexity index is 590. The normalized spacial score (nSPS) is 13.7. The number of nitrogens with one attached hydrogen (secondary N) is 2. The quantitative estimate of drug-likeness (QED) is 0.547. The molecule has 9 heteroatoms. The van der Waals surface area contributed by atoms with Crippen molar-refractivity contribution >= 4 is 11.9 Å². The zero-order valence-corrected chi connectivity index (χ0v) is 14.2. The van der Waals surface area contributed by atoms with Crippen molar-refractivity contribution in [3.05, 3.63) is 29.8 Å². The number of halogens is 3. The second-order valence-corrected chi connectivity index (χ2v) is 5.07. The molecule has 0 unspecified atom stereocenters. The van der Waals surface area contributed by atoms with Gasteiger partial charge < -0.3 is 14.8 Å². The lowest BCUT2D eigenvalue weighted by Gasteiger charge is -2.34. The summed E-state index contributed by atoms with van der Waals surface area (Å²) in [6.45, 7) is 2.17. The van der Waals surface area contributed by atoms with Crippen LogP contribution in [0, 0.1) is 0 Å². The van der Waals surface area contributed by atoms with Crippen LogP contribution in [0.4, 0.5) is 13.2 Å². The maximum atomic E-state index is 13.7. The fraction of sp³-hybridized carbons (Fsp3) is 0.500. The Balaban J connectivity index is 3.13. The molecule has 0 saturated heterocycles. The Morgan fingerprint density at radius 1 is 1.12 bits per heavy atom. The van der Waals surface area contributed by atoms with Gasteiger partial charge >= 0.3 is 12.1 Å². The smallest absolute Gasteiger partial charge is 0.436 e. The number of amides is 1. The van der Waals surface area contributed by atoms with E-state index in [1.54, 1.807) is 29.6 Å². The molecule has 1 atom stereocenters. The van der Waals surface area contributed by atoms with Gasteiger partial charge in [0.15, 0.2) is 0 Å². The van der Waals surface area contributed by atoms with Gasteiger partial charge in [0.2, 0.25) is 5.91 Å². The van der Waals surface area contributed by atoms with Crippen LogP contribution in [0.15, 0.2) is 24.3 Å². The second kappa shape index (κ2) is 8.70. The van der Waals surface area contributed by atoms with Gasteiger partial charge in [-0.25, -0.2) is 4.79 Å². The number of hydrogen-bond acceptors (Lipinski definition) is 5. The van der Waals surface area contributed by atoms with E-state index in [0.717, 1.165) is 0 Å². The summed E-state index contributed by atoms with van der Waals surface area (Å²) in [6, 6.07) is 6.22. The first-order valence-electron chi connectivity index (χ1n) is 7.63. The van der Waals surface area contributed by atoms with Crippen molar-refractivity contribution in [3.8, 4) is 5.75 Å². The third kappa shape index (κ3) is 5.09. The van der Waals surface area contributed by atoms with E-state index in [1.165, 1.54) is 21.0 Å². The molecule has 2 N–H and O–H groups in total. The zero-order valence-electron chi connectivity index (χ0n) is 14.2. The molecular weight excluding hydrogens is 341 g/mol. The highest BCUT2D eigenvalue weighted by molar-refractivity contribution is 5.88. The third-order valence-corrected chi connectivity index (χ3v) is 3.37. The molecule has 1 aromatic rings. The summed E-state index contributed by atoms with van der Waals surface area (Å²) >= 11 is 0. The Morgan fingerprint density at radius 2 is 1.72 bits per heavy atom. The van der Waals surface area contributed by atoms with Crippen LogP contribution >= 0.6 is 0 Å². The number of benzene rings is 1. The Labute approximate surface area is 143 Å². The average Bonchev–Trinajstić information content (AvgIpc) is 2.57. The van der Waals surface area contributed by atoms with E-state index in [1.807, 2.05) is 0 Å². The van der Waals surface area contributed by atoms with Crippen molar-refractivity contribution in [2.45, 2.75) is 38.7 Å². The molecule has 1 rings (SSSR count). The van der Waals surface area contributed by atoms with E-state index in [0.29, 0.717) is 11.3 Å². The molecule has 0 bridgehead atoms. The lowest BCUT2D eigenvalue weighted by Crippen LogP contribution is -2.72. The molecule has 140 valence electrons. The van der Waals surface area contributed by atoms with Gasteiger partial charge in [-0.3, -0.25) is 10.1 Å². The van der Waals surface area contributed by atoms with Crippen molar-refractivity contribution in [2.24, 2.45) is 0 Å². The monoisotopic (exact) mass is 362 g/mol. The number of carbonyl (C=O) groups excluding carboxylic acids is 2. The number of hydrogen-bond donors (Lipinski definition) is 2. The molecule has 0 heterocycles. The van der Waals surface area contributed by atoms with Crippen molar-refractivity contribution < 1.29 is 32.2 Å². The fourth-order valence-electron chi connectivity index (χ4n) is 1.97. The van der Waals surface area contributed by atoms with E-state index < -0.39 is 23.7 Å². The highest BCUT2D eigenvalue weighted by Gasteiger charge is 2.62. The van der Waals surface area contributed by atoms with Gasteiger partial charge in [0, 0.05) is 13.0 Å². The molecule has 6 nitrogen and oxygen atoms in total. The van der Waals surface area contributed by atoms with Crippen LogP contribution in [0.3, 0.4) is 0 Å². The number of methoxy groups -OCH3 is 1. The maximum Gasteiger partial charge on any atom is 0.436 e.